The van der Waals surface area contributed by atoms with Crippen LogP contribution in [0.1, 0.15) is 105 Å². The van der Waals surface area contributed by atoms with Crippen molar-refractivity contribution in [2.75, 3.05) is 26.0 Å². The summed E-state index contributed by atoms with van der Waals surface area (Å²) in [6.07, 6.45) is 0.973. The SMILES string of the molecule is CC(C)(C)c1ccc(OP2OCC3(CO2)COP(Oc2ccc(C(C)(C)C)cc2C(C)(C)C)PC3)c(C(C)(C)C)c1. The van der Waals surface area contributed by atoms with Crippen molar-refractivity contribution in [3.05, 3.63) is 58.7 Å². The van der Waals surface area contributed by atoms with E-state index in [1.54, 1.807) is 0 Å². The van der Waals surface area contributed by atoms with E-state index < -0.39 is 16.7 Å². The van der Waals surface area contributed by atoms with Crippen LogP contribution < -0.4 is 9.05 Å². The van der Waals surface area contributed by atoms with Crippen LogP contribution in [0.2, 0.25) is 0 Å². The van der Waals surface area contributed by atoms with Crippen LogP contribution in [-0.4, -0.2) is 26.0 Å². The Morgan fingerprint density at radius 2 is 1.05 bits per heavy atom. The highest BCUT2D eigenvalue weighted by atomic mass is 32.1. The quantitative estimate of drug-likeness (QED) is 0.318. The van der Waals surface area contributed by atoms with Gasteiger partial charge < -0.3 is 22.6 Å². The summed E-state index contributed by atoms with van der Waals surface area (Å²) in [5.41, 5.74) is 4.97. The van der Waals surface area contributed by atoms with Crippen molar-refractivity contribution in [2.24, 2.45) is 5.41 Å². The molecule has 0 aliphatic carbocycles. The first-order valence-corrected chi connectivity index (χ1v) is 19.0. The van der Waals surface area contributed by atoms with Crippen molar-refractivity contribution in [2.45, 2.75) is 105 Å². The molecular formula is C33H51O5P3. The topological polar surface area (TPSA) is 46.2 Å². The largest absolute Gasteiger partial charge is 0.444 e. The molecule has 1 spiro atoms. The van der Waals surface area contributed by atoms with Gasteiger partial charge in [-0.05, 0) is 59.4 Å². The average Bonchev–Trinajstić information content (AvgIpc) is 2.85. The Morgan fingerprint density at radius 3 is 1.44 bits per heavy atom. The van der Waals surface area contributed by atoms with E-state index in [0.717, 1.165) is 17.7 Å². The summed E-state index contributed by atoms with van der Waals surface area (Å²) < 4.78 is 31.7. The first kappa shape index (κ1) is 33.1. The van der Waals surface area contributed by atoms with Crippen LogP contribution in [0.4, 0.5) is 0 Å². The second-order valence-electron chi connectivity index (χ2n) is 15.7. The molecule has 8 heteroatoms. The van der Waals surface area contributed by atoms with Crippen molar-refractivity contribution in [1.82, 2.24) is 0 Å². The normalized spacial score (nSPS) is 25.0. The van der Waals surface area contributed by atoms with Crippen molar-refractivity contribution in [3.8, 4) is 11.5 Å². The van der Waals surface area contributed by atoms with Crippen molar-refractivity contribution in [3.63, 3.8) is 0 Å². The molecule has 2 unspecified atom stereocenters. The fourth-order valence-electron chi connectivity index (χ4n) is 4.77. The Labute approximate surface area is 253 Å². The summed E-state index contributed by atoms with van der Waals surface area (Å²) in [4.78, 5) is 0. The molecule has 2 fully saturated rings. The standard InChI is InChI=1S/C33H51O5P3/c1-29(2,3)23-13-15-27(25(17-23)31(7,8)9)37-40-34-19-33(20-35-40)21-36-41(39-22-33)38-28-16-14-24(30(4,5)6)18-26(28)32(10,11)12/h13-18,39H,19-22H2,1-12H3. The molecule has 2 aromatic rings. The van der Waals surface area contributed by atoms with Gasteiger partial charge in [0.05, 0.1) is 19.8 Å². The number of benzene rings is 2. The molecule has 2 atom stereocenters. The third-order valence-corrected chi connectivity index (χ3v) is 12.5. The van der Waals surface area contributed by atoms with E-state index in [1.165, 1.54) is 22.3 Å². The molecule has 0 saturated carbocycles. The third kappa shape index (κ3) is 8.23. The lowest BCUT2D eigenvalue weighted by atomic mass is 9.80. The maximum absolute atomic E-state index is 6.55. The molecule has 0 N–H and O–H groups in total. The smallest absolute Gasteiger partial charge is 0.397 e. The molecule has 2 aliphatic heterocycles. The summed E-state index contributed by atoms with van der Waals surface area (Å²) in [6.45, 7) is 28.6. The van der Waals surface area contributed by atoms with Gasteiger partial charge in [-0.3, -0.25) is 0 Å². The zero-order valence-corrected chi connectivity index (χ0v) is 30.0. The first-order valence-electron chi connectivity index (χ1n) is 14.7. The average molecular weight is 621 g/mol. The van der Waals surface area contributed by atoms with Crippen LogP contribution in [-0.2, 0) is 35.2 Å². The van der Waals surface area contributed by atoms with Gasteiger partial charge in [0.1, 0.15) is 11.5 Å². The molecule has 4 rings (SSSR count). The molecule has 0 radical (unpaired) electrons. The maximum Gasteiger partial charge on any atom is 0.397 e. The fourth-order valence-corrected chi connectivity index (χ4v) is 10.1. The molecule has 2 aromatic carbocycles. The van der Waals surface area contributed by atoms with Crippen LogP contribution in [0.25, 0.3) is 0 Å². The summed E-state index contributed by atoms with van der Waals surface area (Å²) in [7, 11) is -1.89. The van der Waals surface area contributed by atoms with Crippen LogP contribution >= 0.6 is 24.9 Å². The predicted molar refractivity (Wildman–Crippen MR) is 176 cm³/mol. The molecule has 0 amide bonds. The molecule has 0 bridgehead atoms. The highest BCUT2D eigenvalue weighted by Crippen LogP contribution is 2.64. The Kier molecular flexibility index (Phi) is 9.65. The second-order valence-corrected chi connectivity index (χ2v) is 20.6. The van der Waals surface area contributed by atoms with E-state index in [2.05, 4.69) is 119 Å². The van der Waals surface area contributed by atoms with Crippen LogP contribution in [0.3, 0.4) is 0 Å². The lowest BCUT2D eigenvalue weighted by Gasteiger charge is -2.42. The summed E-state index contributed by atoms with van der Waals surface area (Å²) in [6, 6.07) is 13.2. The molecule has 5 nitrogen and oxygen atoms in total. The van der Waals surface area contributed by atoms with Crippen molar-refractivity contribution >= 4 is 24.9 Å². The van der Waals surface area contributed by atoms with Crippen LogP contribution in [0.5, 0.6) is 11.5 Å². The number of hydrogen-bond acceptors (Lipinski definition) is 5. The van der Waals surface area contributed by atoms with Crippen LogP contribution in [0.15, 0.2) is 36.4 Å². The van der Waals surface area contributed by atoms with Gasteiger partial charge in [0.15, 0.2) is 0 Å². The van der Waals surface area contributed by atoms with Gasteiger partial charge in [0, 0.05) is 16.5 Å². The van der Waals surface area contributed by atoms with Gasteiger partial charge in [0.2, 0.25) is 0 Å². The maximum atomic E-state index is 6.55. The van der Waals surface area contributed by atoms with E-state index in [-0.39, 0.29) is 27.1 Å². The molecule has 2 aliphatic rings. The van der Waals surface area contributed by atoms with E-state index in [4.69, 9.17) is 22.6 Å². The van der Waals surface area contributed by atoms with Crippen molar-refractivity contribution < 1.29 is 22.6 Å². The molecule has 228 valence electrons. The van der Waals surface area contributed by atoms with Crippen molar-refractivity contribution in [1.29, 1.82) is 0 Å². The zero-order chi connectivity index (χ0) is 30.4. The third-order valence-electron chi connectivity index (χ3n) is 7.68. The van der Waals surface area contributed by atoms with Gasteiger partial charge in [-0.2, -0.15) is 0 Å². The lowest BCUT2D eigenvalue weighted by Crippen LogP contribution is -2.42. The van der Waals surface area contributed by atoms with Gasteiger partial charge in [-0.1, -0.05) is 107 Å². The molecular weight excluding hydrogens is 569 g/mol. The van der Waals surface area contributed by atoms with Gasteiger partial charge in [0.25, 0.3) is 8.06 Å². The Balaban J connectivity index is 1.37. The molecule has 2 heterocycles. The van der Waals surface area contributed by atoms with Gasteiger partial charge >= 0.3 is 8.60 Å². The number of hydrogen-bond donors (Lipinski definition) is 0. The van der Waals surface area contributed by atoms with E-state index >= 15 is 0 Å². The minimum absolute atomic E-state index is 0.0197. The van der Waals surface area contributed by atoms with Gasteiger partial charge in [-0.15, -0.1) is 0 Å². The molecule has 2 saturated heterocycles. The first-order chi connectivity index (χ1) is 18.8. The predicted octanol–water partition coefficient (Wildman–Crippen LogP) is 10.5. The van der Waals surface area contributed by atoms with E-state index in [0.29, 0.717) is 28.1 Å². The Hall–Kier alpha value is -0.790. The highest BCUT2D eigenvalue weighted by molar-refractivity contribution is 8.17. The number of rotatable bonds is 4. The van der Waals surface area contributed by atoms with E-state index in [1.807, 2.05) is 0 Å². The highest BCUT2D eigenvalue weighted by Gasteiger charge is 2.44. The Morgan fingerprint density at radius 1 is 0.610 bits per heavy atom. The monoisotopic (exact) mass is 620 g/mol. The lowest BCUT2D eigenvalue weighted by molar-refractivity contribution is 0.00181. The van der Waals surface area contributed by atoms with E-state index in [9.17, 15) is 0 Å². The summed E-state index contributed by atoms with van der Waals surface area (Å²) in [5, 5.41) is 0. The fraction of sp³-hybridized carbons (Fsp3) is 0.636. The van der Waals surface area contributed by atoms with Gasteiger partial charge in [-0.25, -0.2) is 0 Å². The van der Waals surface area contributed by atoms with Crippen LogP contribution in [0, 0.1) is 5.41 Å². The summed E-state index contributed by atoms with van der Waals surface area (Å²) in [5.74, 6) is 1.79. The molecule has 0 aromatic heterocycles. The molecule has 41 heavy (non-hydrogen) atoms. The minimum Gasteiger partial charge on any atom is -0.444 e. The zero-order valence-electron chi connectivity index (χ0n) is 27.2. The minimum atomic E-state index is -1.46. The Bertz CT molecular complexity index is 1100. The summed E-state index contributed by atoms with van der Waals surface area (Å²) >= 11 is 0. The second kappa shape index (κ2) is 12.0.